The Bertz CT molecular complexity index is 3120. The highest BCUT2D eigenvalue weighted by atomic mass is 14.3. The molecule has 1 aliphatic carbocycles. The summed E-state index contributed by atoms with van der Waals surface area (Å²) >= 11 is 0. The number of fused-ring (bicyclic) bond motifs is 2. The van der Waals surface area contributed by atoms with Gasteiger partial charge in [0.25, 0.3) is 0 Å². The molecule has 1 atom stereocenters. The van der Waals surface area contributed by atoms with Crippen molar-refractivity contribution in [2.75, 3.05) is 0 Å². The van der Waals surface area contributed by atoms with Crippen LogP contribution in [0.25, 0.3) is 105 Å². The van der Waals surface area contributed by atoms with Gasteiger partial charge >= 0.3 is 0 Å². The molecule has 0 N–H and O–H groups in total. The van der Waals surface area contributed by atoms with Crippen molar-refractivity contribution >= 4 is 49.2 Å². The minimum atomic E-state index is 0.490. The molecule has 0 aromatic heterocycles. The summed E-state index contributed by atoms with van der Waals surface area (Å²) in [5.74, 6) is 0.490. The van der Waals surface area contributed by atoms with E-state index in [4.69, 9.17) is 0 Å². The van der Waals surface area contributed by atoms with Crippen molar-refractivity contribution in [3.8, 4) is 55.6 Å². The van der Waals surface area contributed by atoms with E-state index in [9.17, 15) is 0 Å². The van der Waals surface area contributed by atoms with E-state index in [1.165, 1.54) is 116 Å². The molecule has 0 heterocycles. The van der Waals surface area contributed by atoms with Crippen molar-refractivity contribution in [3.63, 3.8) is 0 Å². The lowest BCUT2D eigenvalue weighted by Crippen LogP contribution is -2.00. The minimum absolute atomic E-state index is 0.490. The zero-order valence-corrected chi connectivity index (χ0v) is 35.5. The topological polar surface area (TPSA) is 0 Å². The summed E-state index contributed by atoms with van der Waals surface area (Å²) in [5.41, 5.74) is 15.3. The average Bonchev–Trinajstić information content (AvgIpc) is 3.32. The summed E-state index contributed by atoms with van der Waals surface area (Å²) in [6.07, 6.45) is 6.94. The van der Waals surface area contributed by atoms with Gasteiger partial charge in [0.05, 0.1) is 0 Å². The Kier molecular flexibility index (Phi) is 10.9. The standard InChI is InChI=1S/C55H38.C3H8.C2H6/c1-35-14-12-20-39-26-27-40(32-49(35)39)51-33-50(38-17-6-3-7-18-38)45-28-30-48-53(44-25-13-21-37-19-8-9-22-42(37)44)34-52(47-31-29-46(51)54(45)55(47)48)43-24-11-10-23-41(43)36-15-4-2-5-16-36;1-3-2;1-2/h2-13,15-35H,14H2,1H3;3H2,1-2H3;1-2H3. The zero-order valence-electron chi connectivity index (χ0n) is 35.5. The van der Waals surface area contributed by atoms with Gasteiger partial charge in [-0.25, -0.2) is 0 Å². The fraction of sp³-hybridized carbons (Fsp3) is 0.133. The molecule has 1 aliphatic rings. The molecule has 10 aromatic carbocycles. The molecular weight excluding hydrogens is 721 g/mol. The Balaban J connectivity index is 0.000000888. The average molecular weight is 773 g/mol. The number of allylic oxidation sites excluding steroid dienone is 1. The molecule has 0 saturated heterocycles. The van der Waals surface area contributed by atoms with Crippen LogP contribution in [0.1, 0.15) is 64.5 Å². The van der Waals surface area contributed by atoms with Gasteiger partial charge in [-0.05, 0) is 134 Å². The lowest BCUT2D eigenvalue weighted by molar-refractivity contribution is 0.772. The maximum Gasteiger partial charge on any atom is -0.00139 e. The third-order valence-electron chi connectivity index (χ3n) is 12.1. The Morgan fingerprint density at radius 3 is 1.55 bits per heavy atom. The van der Waals surface area contributed by atoms with E-state index in [1.54, 1.807) is 0 Å². The Labute approximate surface area is 355 Å². The van der Waals surface area contributed by atoms with E-state index < -0.39 is 0 Å². The van der Waals surface area contributed by atoms with Crippen LogP contribution in [-0.2, 0) is 0 Å². The van der Waals surface area contributed by atoms with Gasteiger partial charge in [-0.2, -0.15) is 0 Å². The first-order valence-electron chi connectivity index (χ1n) is 21.9. The smallest absolute Gasteiger partial charge is 0.00139 e. The fourth-order valence-electron chi connectivity index (χ4n) is 9.43. The van der Waals surface area contributed by atoms with Gasteiger partial charge in [0.15, 0.2) is 0 Å². The van der Waals surface area contributed by atoms with Crippen LogP contribution in [0, 0.1) is 0 Å². The number of benzene rings is 10. The first-order chi connectivity index (χ1) is 29.6. The Hall–Kier alpha value is -6.76. The zero-order chi connectivity index (χ0) is 41.2. The molecule has 0 spiro atoms. The van der Waals surface area contributed by atoms with Crippen molar-refractivity contribution in [1.29, 1.82) is 0 Å². The van der Waals surface area contributed by atoms with Crippen LogP contribution < -0.4 is 0 Å². The van der Waals surface area contributed by atoms with Gasteiger partial charge in [-0.15, -0.1) is 0 Å². The highest BCUT2D eigenvalue weighted by molar-refractivity contribution is 6.32. The van der Waals surface area contributed by atoms with Gasteiger partial charge in [0.1, 0.15) is 0 Å². The SMILES string of the molecule is CC.CC1CC=Cc2ccc(-c3cc(-c4ccccc4)c4ccc5c(-c6cccc7ccccc67)cc(-c6ccccc6-c6ccccc6)c6ccc3c4c65)cc21.CCC. The first kappa shape index (κ1) is 38.7. The molecule has 0 radical (unpaired) electrons. The molecule has 292 valence electrons. The number of hydrogen-bond acceptors (Lipinski definition) is 0. The largest absolute Gasteiger partial charge is 0.0833 e. The minimum Gasteiger partial charge on any atom is -0.0833 e. The van der Waals surface area contributed by atoms with Crippen molar-refractivity contribution in [2.45, 2.75) is 53.4 Å². The third-order valence-corrected chi connectivity index (χ3v) is 12.1. The maximum atomic E-state index is 2.47. The summed E-state index contributed by atoms with van der Waals surface area (Å²) < 4.78 is 0. The summed E-state index contributed by atoms with van der Waals surface area (Å²) in [7, 11) is 0. The summed E-state index contributed by atoms with van der Waals surface area (Å²) in [5, 5.41) is 10.3. The van der Waals surface area contributed by atoms with Crippen LogP contribution in [0.3, 0.4) is 0 Å². The monoisotopic (exact) mass is 772 g/mol. The van der Waals surface area contributed by atoms with Crippen molar-refractivity contribution < 1.29 is 0 Å². The van der Waals surface area contributed by atoms with Crippen molar-refractivity contribution in [3.05, 3.63) is 199 Å². The van der Waals surface area contributed by atoms with E-state index in [2.05, 4.69) is 215 Å². The molecule has 10 aromatic rings. The van der Waals surface area contributed by atoms with Crippen LogP contribution in [0.2, 0.25) is 0 Å². The quantitative estimate of drug-likeness (QED) is 0.153. The van der Waals surface area contributed by atoms with Gasteiger partial charge in [0.2, 0.25) is 0 Å². The van der Waals surface area contributed by atoms with Crippen LogP contribution >= 0.6 is 0 Å². The first-order valence-corrected chi connectivity index (χ1v) is 21.9. The van der Waals surface area contributed by atoms with E-state index in [0.29, 0.717) is 5.92 Å². The second-order valence-corrected chi connectivity index (χ2v) is 15.9. The molecule has 0 nitrogen and oxygen atoms in total. The van der Waals surface area contributed by atoms with Gasteiger partial charge in [-0.3, -0.25) is 0 Å². The van der Waals surface area contributed by atoms with Crippen LogP contribution in [0.4, 0.5) is 0 Å². The highest BCUT2D eigenvalue weighted by Gasteiger charge is 2.23. The van der Waals surface area contributed by atoms with Crippen LogP contribution in [-0.4, -0.2) is 0 Å². The molecule has 60 heavy (non-hydrogen) atoms. The fourth-order valence-corrected chi connectivity index (χ4v) is 9.43. The molecular formula is C60H52. The summed E-state index contributed by atoms with van der Waals surface area (Å²) in [4.78, 5) is 0. The lowest BCUT2D eigenvalue weighted by Gasteiger charge is -2.23. The van der Waals surface area contributed by atoms with Crippen molar-refractivity contribution in [1.82, 2.24) is 0 Å². The van der Waals surface area contributed by atoms with E-state index in [1.807, 2.05) is 13.8 Å². The van der Waals surface area contributed by atoms with Crippen LogP contribution in [0.15, 0.2) is 188 Å². The van der Waals surface area contributed by atoms with Gasteiger partial charge < -0.3 is 0 Å². The summed E-state index contributed by atoms with van der Waals surface area (Å²) in [6, 6.07) is 68.0. The third kappa shape index (κ3) is 6.77. The van der Waals surface area contributed by atoms with E-state index in [0.717, 1.165) is 6.42 Å². The molecule has 0 fully saturated rings. The molecule has 0 aliphatic heterocycles. The lowest BCUT2D eigenvalue weighted by atomic mass is 9.80. The van der Waals surface area contributed by atoms with E-state index >= 15 is 0 Å². The molecule has 0 heteroatoms. The highest BCUT2D eigenvalue weighted by Crippen LogP contribution is 2.50. The Morgan fingerprint density at radius 2 is 0.883 bits per heavy atom. The number of hydrogen-bond donors (Lipinski definition) is 0. The van der Waals surface area contributed by atoms with Crippen molar-refractivity contribution in [2.24, 2.45) is 0 Å². The van der Waals surface area contributed by atoms with Gasteiger partial charge in [0, 0.05) is 0 Å². The normalized spacial score (nSPS) is 13.2. The van der Waals surface area contributed by atoms with Crippen LogP contribution in [0.5, 0.6) is 0 Å². The molecule has 11 rings (SSSR count). The molecule has 0 amide bonds. The number of rotatable bonds is 5. The predicted octanol–water partition coefficient (Wildman–Crippen LogP) is 18.0. The van der Waals surface area contributed by atoms with Gasteiger partial charge in [-0.1, -0.05) is 223 Å². The predicted molar refractivity (Wildman–Crippen MR) is 264 cm³/mol. The second kappa shape index (κ2) is 16.8. The second-order valence-electron chi connectivity index (χ2n) is 15.9. The molecule has 0 bridgehead atoms. The Morgan fingerprint density at radius 1 is 0.400 bits per heavy atom. The van der Waals surface area contributed by atoms with E-state index in [-0.39, 0.29) is 0 Å². The molecule has 0 saturated carbocycles. The molecule has 1 unspecified atom stereocenters. The summed E-state index contributed by atoms with van der Waals surface area (Å²) in [6.45, 7) is 10.6. The maximum absolute atomic E-state index is 2.47.